The molecule has 13 heavy (non-hydrogen) atoms. The van der Waals surface area contributed by atoms with E-state index in [2.05, 4.69) is 6.07 Å². The van der Waals surface area contributed by atoms with E-state index in [-0.39, 0.29) is 0 Å². The zero-order valence-electron chi connectivity index (χ0n) is 7.27. The number of nitrogens with zero attached hydrogens (tertiary/aromatic N) is 1. The second kappa shape index (κ2) is 4.61. The van der Waals surface area contributed by atoms with E-state index in [1.165, 1.54) is 0 Å². The quantitative estimate of drug-likeness (QED) is 0.661. The molecule has 3 heteroatoms. The Morgan fingerprint density at radius 1 is 1.31 bits per heavy atom. The van der Waals surface area contributed by atoms with Crippen LogP contribution in [-0.2, 0) is 12.8 Å². The van der Waals surface area contributed by atoms with Crippen molar-refractivity contribution in [2.24, 2.45) is 5.73 Å². The summed E-state index contributed by atoms with van der Waals surface area (Å²) in [5, 5.41) is 17.3. The molecule has 0 aliphatic rings. The topological polar surface area (TPSA) is 70.0 Å². The maximum atomic E-state index is 8.90. The van der Waals surface area contributed by atoms with Crippen LogP contribution in [0.15, 0.2) is 24.3 Å². The molecule has 0 bridgehead atoms. The van der Waals surface area contributed by atoms with Gasteiger partial charge in [0.2, 0.25) is 0 Å². The maximum absolute atomic E-state index is 8.90. The predicted molar refractivity (Wildman–Crippen MR) is 49.7 cm³/mol. The molecule has 68 valence electrons. The third-order valence-corrected chi connectivity index (χ3v) is 1.75. The molecule has 0 saturated heterocycles. The summed E-state index contributed by atoms with van der Waals surface area (Å²) in [5.74, 6) is 0. The molecule has 0 spiro atoms. The first-order valence-electron chi connectivity index (χ1n) is 4.11. The van der Waals surface area contributed by atoms with Gasteiger partial charge in [0.25, 0.3) is 0 Å². The molecular weight excluding hydrogens is 164 g/mol. The van der Waals surface area contributed by atoms with Crippen LogP contribution in [0.3, 0.4) is 0 Å². The normalized spacial score (nSPS) is 12.1. The highest BCUT2D eigenvalue weighted by Crippen LogP contribution is 2.05. The lowest BCUT2D eigenvalue weighted by molar-refractivity contribution is 0.183. The van der Waals surface area contributed by atoms with E-state index < -0.39 is 6.23 Å². The summed E-state index contributed by atoms with van der Waals surface area (Å²) in [6.07, 6.45) is 0.0694. The van der Waals surface area contributed by atoms with Crippen molar-refractivity contribution >= 4 is 0 Å². The van der Waals surface area contributed by atoms with Crippen molar-refractivity contribution in [2.45, 2.75) is 19.1 Å². The van der Waals surface area contributed by atoms with Crippen molar-refractivity contribution < 1.29 is 5.11 Å². The van der Waals surface area contributed by atoms with Gasteiger partial charge in [0, 0.05) is 6.42 Å². The van der Waals surface area contributed by atoms with Crippen LogP contribution in [-0.4, -0.2) is 11.3 Å². The Morgan fingerprint density at radius 3 is 2.31 bits per heavy atom. The standard InChI is InChI=1S/C10H12N2O/c11-6-5-8-1-3-9(4-2-8)7-10(12)13/h1-4,10,13H,5,7,12H2. The molecular formula is C10H12N2O. The van der Waals surface area contributed by atoms with Crippen molar-refractivity contribution in [2.75, 3.05) is 0 Å². The van der Waals surface area contributed by atoms with Gasteiger partial charge in [-0.25, -0.2) is 0 Å². The summed E-state index contributed by atoms with van der Waals surface area (Å²) < 4.78 is 0. The summed E-state index contributed by atoms with van der Waals surface area (Å²) in [4.78, 5) is 0. The molecule has 0 saturated carbocycles. The van der Waals surface area contributed by atoms with Gasteiger partial charge in [-0.05, 0) is 11.1 Å². The van der Waals surface area contributed by atoms with Crippen LogP contribution in [0.1, 0.15) is 11.1 Å². The minimum absolute atomic E-state index is 0.422. The van der Waals surface area contributed by atoms with Gasteiger partial charge in [0.1, 0.15) is 6.23 Å². The summed E-state index contributed by atoms with van der Waals surface area (Å²) in [6, 6.07) is 9.58. The lowest BCUT2D eigenvalue weighted by atomic mass is 10.1. The first kappa shape index (κ1) is 9.72. The van der Waals surface area contributed by atoms with Crippen LogP contribution >= 0.6 is 0 Å². The lowest BCUT2D eigenvalue weighted by Crippen LogP contribution is -2.21. The van der Waals surface area contributed by atoms with Gasteiger partial charge in [0.05, 0.1) is 12.5 Å². The van der Waals surface area contributed by atoms with E-state index in [1.54, 1.807) is 0 Å². The van der Waals surface area contributed by atoms with Gasteiger partial charge in [-0.3, -0.25) is 0 Å². The Bertz CT molecular complexity index is 298. The minimum Gasteiger partial charge on any atom is -0.378 e. The Hall–Kier alpha value is -1.37. The number of benzene rings is 1. The molecule has 1 aromatic rings. The van der Waals surface area contributed by atoms with E-state index in [9.17, 15) is 0 Å². The van der Waals surface area contributed by atoms with Gasteiger partial charge in [-0.15, -0.1) is 0 Å². The monoisotopic (exact) mass is 176 g/mol. The fourth-order valence-electron chi connectivity index (χ4n) is 1.13. The summed E-state index contributed by atoms with van der Waals surface area (Å²) in [5.41, 5.74) is 7.19. The smallest absolute Gasteiger partial charge is 0.106 e. The van der Waals surface area contributed by atoms with Gasteiger partial charge < -0.3 is 10.8 Å². The maximum Gasteiger partial charge on any atom is 0.106 e. The first-order chi connectivity index (χ1) is 6.22. The zero-order valence-corrected chi connectivity index (χ0v) is 7.27. The van der Waals surface area contributed by atoms with Crippen LogP contribution in [0.2, 0.25) is 0 Å². The van der Waals surface area contributed by atoms with Crippen molar-refractivity contribution in [1.82, 2.24) is 0 Å². The number of rotatable bonds is 3. The molecule has 0 amide bonds. The number of nitrogens with two attached hydrogens (primary N) is 1. The van der Waals surface area contributed by atoms with Crippen LogP contribution < -0.4 is 5.73 Å². The van der Waals surface area contributed by atoms with E-state index in [0.29, 0.717) is 12.8 Å². The average Bonchev–Trinajstić information content (AvgIpc) is 2.08. The summed E-state index contributed by atoms with van der Waals surface area (Å²) in [6.45, 7) is 0. The molecule has 0 aromatic heterocycles. The third kappa shape index (κ3) is 3.24. The first-order valence-corrected chi connectivity index (χ1v) is 4.11. The Labute approximate surface area is 77.4 Å². The Balaban J connectivity index is 2.65. The molecule has 3 N–H and O–H groups in total. The highest BCUT2D eigenvalue weighted by atomic mass is 16.3. The van der Waals surface area contributed by atoms with Crippen LogP contribution in [0.25, 0.3) is 0 Å². The van der Waals surface area contributed by atoms with Gasteiger partial charge in [-0.2, -0.15) is 5.26 Å². The molecule has 0 radical (unpaired) electrons. The van der Waals surface area contributed by atoms with Crippen LogP contribution in [0, 0.1) is 11.3 Å². The van der Waals surface area contributed by atoms with Crippen molar-refractivity contribution in [1.29, 1.82) is 5.26 Å². The van der Waals surface area contributed by atoms with E-state index in [1.807, 2.05) is 24.3 Å². The predicted octanol–water partition coefficient (Wildman–Crippen LogP) is 0.572. The molecule has 1 unspecified atom stereocenters. The zero-order chi connectivity index (χ0) is 9.68. The molecule has 3 nitrogen and oxygen atoms in total. The molecule has 1 aromatic carbocycles. The molecule has 1 rings (SSSR count). The number of aliphatic hydroxyl groups excluding tert-OH is 1. The van der Waals surface area contributed by atoms with Crippen molar-refractivity contribution in [3.05, 3.63) is 35.4 Å². The van der Waals surface area contributed by atoms with E-state index in [4.69, 9.17) is 16.1 Å². The van der Waals surface area contributed by atoms with E-state index >= 15 is 0 Å². The summed E-state index contributed by atoms with van der Waals surface area (Å²) >= 11 is 0. The second-order valence-electron chi connectivity index (χ2n) is 2.92. The largest absolute Gasteiger partial charge is 0.378 e. The summed E-state index contributed by atoms with van der Waals surface area (Å²) in [7, 11) is 0. The van der Waals surface area contributed by atoms with E-state index in [0.717, 1.165) is 11.1 Å². The number of hydrogen-bond donors (Lipinski definition) is 2. The second-order valence-corrected chi connectivity index (χ2v) is 2.92. The van der Waals surface area contributed by atoms with Crippen molar-refractivity contribution in [3.8, 4) is 6.07 Å². The molecule has 1 atom stereocenters. The SMILES string of the molecule is N#CCc1ccc(CC(N)O)cc1. The fourth-order valence-corrected chi connectivity index (χ4v) is 1.13. The van der Waals surface area contributed by atoms with Gasteiger partial charge >= 0.3 is 0 Å². The van der Waals surface area contributed by atoms with Crippen molar-refractivity contribution in [3.63, 3.8) is 0 Å². The fraction of sp³-hybridized carbons (Fsp3) is 0.300. The van der Waals surface area contributed by atoms with Gasteiger partial charge in [-0.1, -0.05) is 24.3 Å². The number of hydrogen-bond acceptors (Lipinski definition) is 3. The minimum atomic E-state index is -0.804. The number of nitriles is 1. The van der Waals surface area contributed by atoms with Crippen LogP contribution in [0.4, 0.5) is 0 Å². The number of aliphatic hydroxyl groups is 1. The highest BCUT2D eigenvalue weighted by Gasteiger charge is 1.98. The Morgan fingerprint density at radius 2 is 1.85 bits per heavy atom. The Kier molecular flexibility index (Phi) is 3.44. The third-order valence-electron chi connectivity index (χ3n) is 1.75. The highest BCUT2D eigenvalue weighted by molar-refractivity contribution is 5.24. The molecule has 0 aliphatic heterocycles. The van der Waals surface area contributed by atoms with Gasteiger partial charge in [0.15, 0.2) is 0 Å². The van der Waals surface area contributed by atoms with Crippen LogP contribution in [0.5, 0.6) is 0 Å². The molecule has 0 fully saturated rings. The molecule has 0 aliphatic carbocycles. The average molecular weight is 176 g/mol. The lowest BCUT2D eigenvalue weighted by Gasteiger charge is -2.04. The molecule has 0 heterocycles.